The molecule has 0 aliphatic heterocycles. The number of aromatic nitrogens is 4. The van der Waals surface area contributed by atoms with Crippen LogP contribution in [-0.2, 0) is 6.42 Å². The molecular weight excluding hydrogens is 336 g/mol. The highest BCUT2D eigenvalue weighted by Crippen LogP contribution is 2.23. The number of hydrogen-bond donors (Lipinski definition) is 2. The van der Waals surface area contributed by atoms with Gasteiger partial charge in [0.15, 0.2) is 5.65 Å². The van der Waals surface area contributed by atoms with E-state index in [-0.39, 0.29) is 0 Å². The van der Waals surface area contributed by atoms with Gasteiger partial charge < -0.3 is 4.98 Å². The first-order valence-corrected chi connectivity index (χ1v) is 8.30. The standard InChI is InChI=1S/C18H15ClN6/c1-2-11-5-8-15-14(9-11)16-17(21-15)22-18(25-23-16)24-20-10-12-3-6-13(19)7-4-12/h3-10H,2H2,1H3,(H2,21,22,24,25)/b20-10-. The van der Waals surface area contributed by atoms with E-state index in [9.17, 15) is 0 Å². The van der Waals surface area contributed by atoms with Crippen molar-refractivity contribution in [3.63, 3.8) is 0 Å². The molecule has 2 heterocycles. The zero-order valence-corrected chi connectivity index (χ0v) is 14.2. The Morgan fingerprint density at radius 2 is 2.00 bits per heavy atom. The molecular formula is C18H15ClN6. The van der Waals surface area contributed by atoms with Gasteiger partial charge in [-0.3, -0.25) is 0 Å². The van der Waals surface area contributed by atoms with Crippen LogP contribution in [0.2, 0.25) is 5.02 Å². The molecule has 7 heteroatoms. The van der Waals surface area contributed by atoms with Crippen LogP contribution in [0, 0.1) is 0 Å². The molecule has 0 spiro atoms. The van der Waals surface area contributed by atoms with Crippen LogP contribution < -0.4 is 5.43 Å². The smallest absolute Gasteiger partial charge is 0.265 e. The summed E-state index contributed by atoms with van der Waals surface area (Å²) in [4.78, 5) is 7.70. The third kappa shape index (κ3) is 3.16. The van der Waals surface area contributed by atoms with Crippen LogP contribution in [0.15, 0.2) is 47.6 Å². The van der Waals surface area contributed by atoms with Gasteiger partial charge in [0.05, 0.1) is 6.21 Å². The van der Waals surface area contributed by atoms with Gasteiger partial charge in [0, 0.05) is 15.9 Å². The third-order valence-corrected chi connectivity index (χ3v) is 4.19. The fourth-order valence-corrected chi connectivity index (χ4v) is 2.73. The van der Waals surface area contributed by atoms with E-state index in [4.69, 9.17) is 11.6 Å². The average Bonchev–Trinajstić information content (AvgIpc) is 3.00. The van der Waals surface area contributed by atoms with E-state index in [0.717, 1.165) is 28.4 Å². The number of halogens is 1. The van der Waals surface area contributed by atoms with Gasteiger partial charge in [0.2, 0.25) is 0 Å². The van der Waals surface area contributed by atoms with Crippen molar-refractivity contribution in [1.29, 1.82) is 0 Å². The Balaban J connectivity index is 1.60. The van der Waals surface area contributed by atoms with E-state index in [1.165, 1.54) is 5.56 Å². The highest BCUT2D eigenvalue weighted by molar-refractivity contribution is 6.30. The highest BCUT2D eigenvalue weighted by atomic mass is 35.5. The number of nitrogens with one attached hydrogen (secondary N) is 2. The summed E-state index contributed by atoms with van der Waals surface area (Å²) in [5.74, 6) is 0.333. The minimum Gasteiger partial charge on any atom is -0.338 e. The molecule has 0 aliphatic rings. The van der Waals surface area contributed by atoms with Crippen LogP contribution in [0.4, 0.5) is 5.95 Å². The molecule has 4 aromatic rings. The van der Waals surface area contributed by atoms with Gasteiger partial charge in [-0.2, -0.15) is 10.1 Å². The summed E-state index contributed by atoms with van der Waals surface area (Å²) in [6.07, 6.45) is 2.64. The lowest BCUT2D eigenvalue weighted by Gasteiger charge is -1.98. The zero-order chi connectivity index (χ0) is 17.2. The van der Waals surface area contributed by atoms with E-state index in [0.29, 0.717) is 16.6 Å². The van der Waals surface area contributed by atoms with Crippen LogP contribution in [0.25, 0.3) is 22.1 Å². The topological polar surface area (TPSA) is 78.9 Å². The lowest BCUT2D eigenvalue weighted by atomic mass is 10.1. The van der Waals surface area contributed by atoms with E-state index < -0.39 is 0 Å². The predicted octanol–water partition coefficient (Wildman–Crippen LogP) is 4.17. The maximum atomic E-state index is 5.86. The number of nitrogens with zero attached hydrogens (tertiary/aromatic N) is 4. The zero-order valence-electron chi connectivity index (χ0n) is 13.5. The molecule has 2 N–H and O–H groups in total. The molecule has 0 amide bonds. The first-order valence-electron chi connectivity index (χ1n) is 7.92. The number of hydrazone groups is 1. The van der Waals surface area contributed by atoms with Gasteiger partial charge in [-0.05, 0) is 41.8 Å². The first-order chi connectivity index (χ1) is 12.2. The Morgan fingerprint density at radius 3 is 2.80 bits per heavy atom. The fraction of sp³-hybridized carbons (Fsp3) is 0.111. The first kappa shape index (κ1) is 15.5. The molecule has 2 aromatic carbocycles. The van der Waals surface area contributed by atoms with Gasteiger partial charge in [0.1, 0.15) is 5.52 Å². The molecule has 6 nitrogen and oxygen atoms in total. The van der Waals surface area contributed by atoms with Crippen LogP contribution in [0.5, 0.6) is 0 Å². The molecule has 25 heavy (non-hydrogen) atoms. The molecule has 0 atom stereocenters. The van der Waals surface area contributed by atoms with Gasteiger partial charge in [-0.25, -0.2) is 5.43 Å². The minimum absolute atomic E-state index is 0.333. The molecule has 0 unspecified atom stereocenters. The third-order valence-electron chi connectivity index (χ3n) is 3.94. The molecule has 0 saturated heterocycles. The molecule has 124 valence electrons. The second-order valence-corrected chi connectivity index (χ2v) is 6.05. The summed E-state index contributed by atoms with van der Waals surface area (Å²) in [5, 5.41) is 14.2. The van der Waals surface area contributed by atoms with Gasteiger partial charge >= 0.3 is 0 Å². The summed E-state index contributed by atoms with van der Waals surface area (Å²) in [6.45, 7) is 2.13. The van der Waals surface area contributed by atoms with Crippen molar-refractivity contribution in [2.24, 2.45) is 5.10 Å². The average molecular weight is 351 g/mol. The van der Waals surface area contributed by atoms with Crippen molar-refractivity contribution in [2.75, 3.05) is 5.43 Å². The Hall–Kier alpha value is -2.99. The Kier molecular flexibility index (Phi) is 4.03. The molecule has 0 saturated carbocycles. The number of aromatic amines is 1. The summed E-state index contributed by atoms with van der Waals surface area (Å²) in [5.41, 5.74) is 7.41. The maximum absolute atomic E-state index is 5.86. The predicted molar refractivity (Wildman–Crippen MR) is 101 cm³/mol. The molecule has 0 radical (unpaired) electrons. The van der Waals surface area contributed by atoms with Crippen molar-refractivity contribution in [1.82, 2.24) is 20.2 Å². The monoisotopic (exact) mass is 350 g/mol. The molecule has 0 bridgehead atoms. The van der Waals surface area contributed by atoms with Gasteiger partial charge in [-0.1, -0.05) is 36.7 Å². The number of benzene rings is 2. The lowest BCUT2D eigenvalue weighted by molar-refractivity contribution is 1.01. The number of fused-ring (bicyclic) bond motifs is 3. The lowest BCUT2D eigenvalue weighted by Crippen LogP contribution is -1.98. The quantitative estimate of drug-likeness (QED) is 0.427. The Morgan fingerprint density at radius 1 is 1.16 bits per heavy atom. The van der Waals surface area contributed by atoms with Crippen molar-refractivity contribution in [3.05, 3.63) is 58.6 Å². The highest BCUT2D eigenvalue weighted by Gasteiger charge is 2.09. The normalized spacial score (nSPS) is 11.6. The second-order valence-electron chi connectivity index (χ2n) is 5.61. The minimum atomic E-state index is 0.333. The number of hydrogen-bond acceptors (Lipinski definition) is 5. The van der Waals surface area contributed by atoms with Crippen molar-refractivity contribution in [3.8, 4) is 0 Å². The summed E-state index contributed by atoms with van der Waals surface area (Å²) in [6, 6.07) is 13.6. The maximum Gasteiger partial charge on any atom is 0.265 e. The summed E-state index contributed by atoms with van der Waals surface area (Å²) in [7, 11) is 0. The molecule has 2 aromatic heterocycles. The van der Waals surface area contributed by atoms with E-state index in [2.05, 4.69) is 49.7 Å². The van der Waals surface area contributed by atoms with Crippen LogP contribution in [-0.4, -0.2) is 26.4 Å². The number of aryl methyl sites for hydroxylation is 1. The van der Waals surface area contributed by atoms with Gasteiger partial charge in [0.25, 0.3) is 5.95 Å². The molecule has 4 rings (SSSR count). The second kappa shape index (κ2) is 6.49. The van der Waals surface area contributed by atoms with E-state index in [1.807, 2.05) is 30.3 Å². The van der Waals surface area contributed by atoms with Crippen LogP contribution >= 0.6 is 11.6 Å². The summed E-state index contributed by atoms with van der Waals surface area (Å²) >= 11 is 5.86. The largest absolute Gasteiger partial charge is 0.338 e. The Labute approximate surface area is 149 Å². The summed E-state index contributed by atoms with van der Waals surface area (Å²) < 4.78 is 0. The molecule has 0 fully saturated rings. The van der Waals surface area contributed by atoms with Crippen LogP contribution in [0.1, 0.15) is 18.1 Å². The van der Waals surface area contributed by atoms with Crippen molar-refractivity contribution in [2.45, 2.75) is 13.3 Å². The van der Waals surface area contributed by atoms with Crippen LogP contribution in [0.3, 0.4) is 0 Å². The number of anilines is 1. The van der Waals surface area contributed by atoms with Gasteiger partial charge in [-0.15, -0.1) is 10.2 Å². The van der Waals surface area contributed by atoms with E-state index >= 15 is 0 Å². The number of H-pyrrole nitrogens is 1. The Bertz CT molecular complexity index is 1070. The van der Waals surface area contributed by atoms with Crippen molar-refractivity contribution < 1.29 is 0 Å². The number of rotatable bonds is 4. The van der Waals surface area contributed by atoms with E-state index in [1.54, 1.807) is 6.21 Å². The fourth-order valence-electron chi connectivity index (χ4n) is 2.60. The molecule has 0 aliphatic carbocycles. The SMILES string of the molecule is CCc1ccc2[nH]c3nc(N/N=C\c4ccc(Cl)cc4)nnc3c2c1. The van der Waals surface area contributed by atoms with Crippen molar-refractivity contribution >= 4 is 45.8 Å².